The van der Waals surface area contributed by atoms with Crippen LogP contribution in [-0.4, -0.2) is 19.2 Å². The van der Waals surface area contributed by atoms with Crippen molar-refractivity contribution in [3.8, 4) is 23.0 Å². The van der Waals surface area contributed by atoms with Crippen molar-refractivity contribution >= 4 is 11.8 Å². The number of carbonyl (C=O) groups excluding carboxylic acids is 1. The maximum Gasteiger partial charge on any atom is 0.418 e. The third-order valence-corrected chi connectivity index (χ3v) is 5.45. The van der Waals surface area contributed by atoms with Gasteiger partial charge in [-0.05, 0) is 40.5 Å². The van der Waals surface area contributed by atoms with Crippen molar-refractivity contribution in [2.45, 2.75) is 18.5 Å². The number of fused-ring (bicyclic) bond motifs is 3. The third kappa shape index (κ3) is 4.96. The summed E-state index contributed by atoms with van der Waals surface area (Å²) in [6, 6.07) is 19.6. The minimum absolute atomic E-state index is 0.0312. The number of anilines is 1. The highest BCUT2D eigenvalue weighted by Gasteiger charge is 2.33. The van der Waals surface area contributed by atoms with Crippen molar-refractivity contribution in [1.82, 2.24) is 5.32 Å². The van der Waals surface area contributed by atoms with Crippen molar-refractivity contribution in [3.05, 3.63) is 89.0 Å². The van der Waals surface area contributed by atoms with Gasteiger partial charge in [0, 0.05) is 30.1 Å². The normalized spacial score (nSPS) is 12.3. The number of alkyl carbamates (subject to hydrolysis) is 1. The van der Waals surface area contributed by atoms with E-state index in [0.717, 1.165) is 28.3 Å². The highest BCUT2D eigenvalue weighted by molar-refractivity contribution is 5.79. The summed E-state index contributed by atoms with van der Waals surface area (Å²) in [6.45, 7) is 0.419. The standard InChI is InChI=1S/C26H21F3N2O2/c27-26(28,29)23-15-17(12-13-24(23)30)7-5-6-14-31-25(32)33-16-22-20-10-3-1-8-18(20)19-9-2-4-11-21(19)22/h1-4,8-13,15,22H,6,14,16,30H2,(H,31,32). The Morgan fingerprint density at radius 1 is 1.00 bits per heavy atom. The fourth-order valence-electron chi connectivity index (χ4n) is 3.92. The molecule has 0 bridgehead atoms. The van der Waals surface area contributed by atoms with Crippen LogP contribution in [0, 0.1) is 11.8 Å². The van der Waals surface area contributed by atoms with E-state index in [1.165, 1.54) is 12.1 Å². The smallest absolute Gasteiger partial charge is 0.418 e. The van der Waals surface area contributed by atoms with Crippen LogP contribution in [0.15, 0.2) is 66.7 Å². The zero-order chi connectivity index (χ0) is 23.4. The molecule has 4 rings (SSSR count). The minimum atomic E-state index is -4.53. The Hall–Kier alpha value is -3.92. The first-order valence-electron chi connectivity index (χ1n) is 10.4. The highest BCUT2D eigenvalue weighted by atomic mass is 19.4. The van der Waals surface area contributed by atoms with E-state index in [1.807, 2.05) is 36.4 Å². The lowest BCUT2D eigenvalue weighted by atomic mass is 9.98. The van der Waals surface area contributed by atoms with Gasteiger partial charge in [0.2, 0.25) is 0 Å². The average Bonchev–Trinajstić information content (AvgIpc) is 3.11. The number of nitrogens with one attached hydrogen (secondary N) is 1. The second-order valence-corrected chi connectivity index (χ2v) is 7.60. The molecular formula is C26H21F3N2O2. The van der Waals surface area contributed by atoms with Gasteiger partial charge in [0.25, 0.3) is 0 Å². The zero-order valence-electron chi connectivity index (χ0n) is 17.6. The highest BCUT2D eigenvalue weighted by Crippen LogP contribution is 2.44. The summed E-state index contributed by atoms with van der Waals surface area (Å²) in [4.78, 5) is 12.1. The number of hydrogen-bond acceptors (Lipinski definition) is 3. The number of halogens is 3. The Balaban J connectivity index is 1.29. The Bertz CT molecular complexity index is 1200. The lowest BCUT2D eigenvalue weighted by Crippen LogP contribution is -2.26. The maximum absolute atomic E-state index is 12.9. The molecule has 0 heterocycles. The van der Waals surface area contributed by atoms with Gasteiger partial charge in [0.05, 0.1) is 5.56 Å². The molecule has 1 amide bonds. The molecule has 4 nitrogen and oxygen atoms in total. The third-order valence-electron chi connectivity index (χ3n) is 5.45. The monoisotopic (exact) mass is 450 g/mol. The molecule has 0 radical (unpaired) electrons. The molecule has 0 saturated heterocycles. The van der Waals surface area contributed by atoms with Crippen LogP contribution in [0.2, 0.25) is 0 Å². The van der Waals surface area contributed by atoms with E-state index >= 15 is 0 Å². The van der Waals surface area contributed by atoms with Crippen molar-refractivity contribution in [1.29, 1.82) is 0 Å². The second-order valence-electron chi connectivity index (χ2n) is 7.60. The lowest BCUT2D eigenvalue weighted by molar-refractivity contribution is -0.136. The number of alkyl halides is 3. The number of benzene rings is 3. The molecule has 0 fully saturated rings. The molecule has 0 unspecified atom stereocenters. The molecule has 0 saturated carbocycles. The SMILES string of the molecule is Nc1ccc(C#CCCNC(=O)OCC2c3ccccc3-c3ccccc32)cc1C(F)(F)F. The fraction of sp³-hybridized carbons (Fsp3) is 0.192. The maximum atomic E-state index is 12.9. The van der Waals surface area contributed by atoms with E-state index < -0.39 is 17.8 Å². The van der Waals surface area contributed by atoms with Crippen LogP contribution < -0.4 is 11.1 Å². The van der Waals surface area contributed by atoms with Crippen LogP contribution in [0.4, 0.5) is 23.7 Å². The number of ether oxygens (including phenoxy) is 1. The summed E-state index contributed by atoms with van der Waals surface area (Å²) in [6.07, 6.45) is -4.84. The number of amides is 1. The summed E-state index contributed by atoms with van der Waals surface area (Å²) in [7, 11) is 0. The van der Waals surface area contributed by atoms with Gasteiger partial charge in [-0.2, -0.15) is 13.2 Å². The average molecular weight is 450 g/mol. The quantitative estimate of drug-likeness (QED) is 0.310. The molecule has 0 aliphatic heterocycles. The number of rotatable bonds is 4. The van der Waals surface area contributed by atoms with Crippen LogP contribution in [0.1, 0.15) is 34.6 Å². The van der Waals surface area contributed by atoms with Crippen LogP contribution in [0.5, 0.6) is 0 Å². The van der Waals surface area contributed by atoms with Gasteiger partial charge in [-0.3, -0.25) is 0 Å². The van der Waals surface area contributed by atoms with E-state index in [4.69, 9.17) is 10.5 Å². The summed E-state index contributed by atoms with van der Waals surface area (Å²) >= 11 is 0. The molecule has 1 aliphatic rings. The molecule has 3 N–H and O–H groups in total. The fourth-order valence-corrected chi connectivity index (χ4v) is 3.92. The molecule has 3 aromatic carbocycles. The van der Waals surface area contributed by atoms with Crippen molar-refractivity contribution in [2.75, 3.05) is 18.9 Å². The van der Waals surface area contributed by atoms with Gasteiger partial charge in [0.15, 0.2) is 0 Å². The Labute approximate surface area is 189 Å². The van der Waals surface area contributed by atoms with E-state index in [1.54, 1.807) is 0 Å². The van der Waals surface area contributed by atoms with Gasteiger partial charge in [-0.15, -0.1) is 0 Å². The second kappa shape index (κ2) is 9.29. The molecule has 168 valence electrons. The predicted molar refractivity (Wildman–Crippen MR) is 120 cm³/mol. The van der Waals surface area contributed by atoms with E-state index in [-0.39, 0.29) is 36.7 Å². The van der Waals surface area contributed by atoms with Crippen LogP contribution in [0.25, 0.3) is 11.1 Å². The van der Waals surface area contributed by atoms with Crippen LogP contribution >= 0.6 is 0 Å². The van der Waals surface area contributed by atoms with E-state index in [0.29, 0.717) is 0 Å². The summed E-state index contributed by atoms with van der Waals surface area (Å²) in [5.41, 5.74) is 8.88. The molecule has 0 atom stereocenters. The molecule has 1 aliphatic carbocycles. The Morgan fingerprint density at radius 2 is 1.64 bits per heavy atom. The van der Waals surface area contributed by atoms with Crippen LogP contribution in [0.3, 0.4) is 0 Å². The first-order chi connectivity index (χ1) is 15.8. The molecule has 0 spiro atoms. The van der Waals surface area contributed by atoms with Crippen LogP contribution in [-0.2, 0) is 10.9 Å². The Kier molecular flexibility index (Phi) is 6.27. The Morgan fingerprint density at radius 3 is 2.27 bits per heavy atom. The first kappa shape index (κ1) is 22.3. The molecule has 33 heavy (non-hydrogen) atoms. The lowest BCUT2D eigenvalue weighted by Gasteiger charge is -2.14. The molecule has 3 aromatic rings. The summed E-state index contributed by atoms with van der Waals surface area (Å²) in [5, 5.41) is 2.62. The van der Waals surface area contributed by atoms with Gasteiger partial charge in [-0.25, -0.2) is 4.79 Å². The summed E-state index contributed by atoms with van der Waals surface area (Å²) < 4.78 is 44.2. The van der Waals surface area contributed by atoms with Gasteiger partial charge < -0.3 is 15.8 Å². The summed E-state index contributed by atoms with van der Waals surface area (Å²) in [5.74, 6) is 5.38. The largest absolute Gasteiger partial charge is 0.449 e. The number of nitrogen functional groups attached to an aromatic ring is 1. The van der Waals surface area contributed by atoms with E-state index in [2.05, 4.69) is 29.3 Å². The van der Waals surface area contributed by atoms with Gasteiger partial charge in [-0.1, -0.05) is 60.4 Å². The van der Waals surface area contributed by atoms with E-state index in [9.17, 15) is 18.0 Å². The molecular weight excluding hydrogens is 429 g/mol. The first-order valence-corrected chi connectivity index (χ1v) is 10.4. The van der Waals surface area contributed by atoms with Gasteiger partial charge >= 0.3 is 12.3 Å². The number of hydrogen-bond donors (Lipinski definition) is 2. The van der Waals surface area contributed by atoms with Gasteiger partial charge in [0.1, 0.15) is 6.61 Å². The number of carbonyl (C=O) groups is 1. The van der Waals surface area contributed by atoms with Crippen molar-refractivity contribution in [2.24, 2.45) is 0 Å². The van der Waals surface area contributed by atoms with Crippen molar-refractivity contribution in [3.63, 3.8) is 0 Å². The zero-order valence-corrected chi connectivity index (χ0v) is 17.6. The minimum Gasteiger partial charge on any atom is -0.449 e. The molecule has 7 heteroatoms. The molecule has 0 aromatic heterocycles. The predicted octanol–water partition coefficient (Wildman–Crippen LogP) is 5.57. The number of nitrogens with two attached hydrogens (primary N) is 1. The van der Waals surface area contributed by atoms with Crippen molar-refractivity contribution < 1.29 is 22.7 Å². The topological polar surface area (TPSA) is 64.3 Å².